The number of hydrogen-bond donors (Lipinski definition) is 3. The second kappa shape index (κ2) is 35.9. The van der Waals surface area contributed by atoms with Crippen LogP contribution in [0.5, 0.6) is 0 Å². The van der Waals surface area contributed by atoms with Crippen molar-refractivity contribution in [2.75, 3.05) is 6.61 Å². The van der Waals surface area contributed by atoms with Crippen LogP contribution < -0.4 is 5.32 Å². The molecule has 268 valence electrons. The van der Waals surface area contributed by atoms with Crippen molar-refractivity contribution >= 4 is 5.91 Å². The van der Waals surface area contributed by atoms with Crippen molar-refractivity contribution in [3.05, 3.63) is 12.2 Å². The van der Waals surface area contributed by atoms with Crippen LogP contribution in [0.1, 0.15) is 213 Å². The summed E-state index contributed by atoms with van der Waals surface area (Å²) in [5, 5.41) is 21.5. The van der Waals surface area contributed by atoms with Crippen molar-refractivity contribution in [1.82, 2.24) is 5.32 Å². The van der Waals surface area contributed by atoms with Gasteiger partial charge in [-0.15, -0.1) is 0 Å². The second-order valence-electron chi connectivity index (χ2n) is 13.9. The Labute approximate surface area is 281 Å². The van der Waals surface area contributed by atoms with Crippen LogP contribution in [0.2, 0.25) is 0 Å². The van der Waals surface area contributed by atoms with Crippen LogP contribution in [0.25, 0.3) is 0 Å². The van der Waals surface area contributed by atoms with Crippen molar-refractivity contribution in [1.29, 1.82) is 0 Å². The van der Waals surface area contributed by atoms with Gasteiger partial charge in [0.15, 0.2) is 0 Å². The zero-order valence-corrected chi connectivity index (χ0v) is 30.5. The van der Waals surface area contributed by atoms with Gasteiger partial charge in [-0.05, 0) is 38.0 Å². The van der Waals surface area contributed by atoms with Crippen LogP contribution in [-0.2, 0) is 9.53 Å². The summed E-state index contributed by atoms with van der Waals surface area (Å²) in [6, 6.07) is -0.196. The van der Waals surface area contributed by atoms with Gasteiger partial charge in [0.05, 0.1) is 12.6 Å². The van der Waals surface area contributed by atoms with Crippen molar-refractivity contribution < 1.29 is 19.7 Å². The van der Waals surface area contributed by atoms with E-state index in [-0.39, 0.29) is 24.5 Å². The van der Waals surface area contributed by atoms with E-state index in [1.54, 1.807) is 0 Å². The third-order valence-electron chi connectivity index (χ3n) is 9.39. The van der Waals surface area contributed by atoms with E-state index in [4.69, 9.17) is 4.74 Å². The Kier molecular flexibility index (Phi) is 35.2. The summed E-state index contributed by atoms with van der Waals surface area (Å²) in [4.78, 5) is 12.6. The predicted molar refractivity (Wildman–Crippen MR) is 194 cm³/mol. The fraction of sp³-hybridized carbons (Fsp3) is 0.925. The molecule has 1 amide bonds. The van der Waals surface area contributed by atoms with E-state index in [2.05, 4.69) is 38.2 Å². The summed E-state index contributed by atoms with van der Waals surface area (Å²) in [6.45, 7) is 5.01. The number of aliphatic hydroxyl groups excluding tert-OH is 1. The zero-order valence-electron chi connectivity index (χ0n) is 30.5. The molecule has 45 heavy (non-hydrogen) atoms. The van der Waals surface area contributed by atoms with Gasteiger partial charge in [0.25, 0.3) is 6.48 Å². The summed E-state index contributed by atoms with van der Waals surface area (Å²) in [5.74, 6) is 0.262. The Morgan fingerprint density at radius 1 is 0.578 bits per heavy atom. The molecule has 2 unspecified atom stereocenters. The molecule has 0 aliphatic carbocycles. The number of rotatable bonds is 36. The second-order valence-corrected chi connectivity index (χ2v) is 13.9. The van der Waals surface area contributed by atoms with Crippen LogP contribution in [0, 0.1) is 5.92 Å². The summed E-state index contributed by atoms with van der Waals surface area (Å²) >= 11 is 0. The lowest BCUT2D eigenvalue weighted by atomic mass is 9.94. The summed E-state index contributed by atoms with van der Waals surface area (Å²) in [5.41, 5.74) is 0. The number of hydrogen-bond acceptors (Lipinski definition) is 4. The molecule has 0 bridgehead atoms. The normalized spacial score (nSPS) is 13.2. The molecule has 0 radical (unpaired) electrons. The molecule has 0 aromatic rings. The first-order chi connectivity index (χ1) is 22.0. The monoisotopic (exact) mass is 638 g/mol. The summed E-state index contributed by atoms with van der Waals surface area (Å²) < 4.78 is 5.07. The Morgan fingerprint density at radius 3 is 1.38 bits per heavy atom. The van der Waals surface area contributed by atoms with Gasteiger partial charge < -0.3 is 20.3 Å². The van der Waals surface area contributed by atoms with Crippen LogP contribution in [0.4, 0.5) is 0 Å². The van der Waals surface area contributed by atoms with Crippen molar-refractivity contribution in [2.24, 2.45) is 5.92 Å². The van der Waals surface area contributed by atoms with Crippen LogP contribution in [0.3, 0.4) is 0 Å². The lowest BCUT2D eigenvalue weighted by Crippen LogP contribution is -2.43. The van der Waals surface area contributed by atoms with Crippen LogP contribution in [-0.4, -0.2) is 35.2 Å². The van der Waals surface area contributed by atoms with Gasteiger partial charge in [-0.3, -0.25) is 4.79 Å². The van der Waals surface area contributed by atoms with E-state index in [0.717, 1.165) is 32.1 Å². The topological polar surface area (TPSA) is 78.8 Å². The molecule has 0 heterocycles. The first-order valence-electron chi connectivity index (χ1n) is 19.9. The van der Waals surface area contributed by atoms with E-state index >= 15 is 0 Å². The van der Waals surface area contributed by atoms with Gasteiger partial charge in [0.1, 0.15) is 0 Å². The molecule has 5 nitrogen and oxygen atoms in total. The number of aliphatic hydroxyl groups is 2. The Hall–Kier alpha value is -0.910. The molecule has 0 aliphatic heterocycles. The highest BCUT2D eigenvalue weighted by atomic mass is 16.7. The van der Waals surface area contributed by atoms with Crippen molar-refractivity contribution in [3.8, 4) is 0 Å². The van der Waals surface area contributed by atoms with Crippen LogP contribution in [0.15, 0.2) is 12.2 Å². The number of unbranched alkanes of at least 4 members (excludes halogenated alkanes) is 25. The Balaban J connectivity index is 3.86. The molecule has 2 atom stereocenters. The molecule has 0 saturated carbocycles. The van der Waals surface area contributed by atoms with Gasteiger partial charge in [-0.25, -0.2) is 0 Å². The van der Waals surface area contributed by atoms with E-state index in [0.29, 0.717) is 6.42 Å². The average Bonchev–Trinajstić information content (AvgIpc) is 3.02. The zero-order chi connectivity index (χ0) is 33.1. The lowest BCUT2D eigenvalue weighted by molar-refractivity contribution is -0.237. The lowest BCUT2D eigenvalue weighted by Gasteiger charge is -2.25. The van der Waals surface area contributed by atoms with Crippen LogP contribution >= 0.6 is 0 Å². The number of allylic oxidation sites excluding steroid dienone is 2. The van der Waals surface area contributed by atoms with Gasteiger partial charge in [0.2, 0.25) is 5.91 Å². The van der Waals surface area contributed by atoms with E-state index in [9.17, 15) is 15.0 Å². The molecule has 3 N–H and O–H groups in total. The quantitative estimate of drug-likeness (QED) is 0.0363. The number of amides is 1. The number of carbonyl (C=O) groups is 1. The largest absolute Gasteiger partial charge is 0.351 e. The van der Waals surface area contributed by atoms with E-state index < -0.39 is 6.48 Å². The SMILES string of the molecule is CCCCCCCCCCCCCCC=CCCCC(=O)NC(COC(O)O)C(C)CCCCCCCCCCCCCCC. The van der Waals surface area contributed by atoms with Gasteiger partial charge in [-0.2, -0.15) is 0 Å². The Morgan fingerprint density at radius 2 is 0.956 bits per heavy atom. The number of carbonyl (C=O) groups excluding carboxylic acids is 1. The first kappa shape index (κ1) is 44.1. The fourth-order valence-electron chi connectivity index (χ4n) is 6.22. The average molecular weight is 638 g/mol. The van der Waals surface area contributed by atoms with Crippen molar-refractivity contribution in [3.63, 3.8) is 0 Å². The minimum Gasteiger partial charge on any atom is -0.351 e. The maximum atomic E-state index is 12.6. The third kappa shape index (κ3) is 34.2. The fourth-order valence-corrected chi connectivity index (χ4v) is 6.22. The third-order valence-corrected chi connectivity index (χ3v) is 9.39. The molecule has 0 aromatic heterocycles. The Bertz CT molecular complexity index is 623. The van der Waals surface area contributed by atoms with Gasteiger partial charge in [-0.1, -0.05) is 187 Å². The molecule has 0 rings (SSSR count). The predicted octanol–water partition coefficient (Wildman–Crippen LogP) is 11.7. The number of ether oxygens (including phenoxy) is 1. The van der Waals surface area contributed by atoms with E-state index in [1.807, 2.05) is 0 Å². The molecule has 0 saturated heterocycles. The maximum absolute atomic E-state index is 12.6. The molecular formula is C40H79NO4. The van der Waals surface area contributed by atoms with E-state index in [1.165, 1.54) is 154 Å². The molecule has 0 spiro atoms. The maximum Gasteiger partial charge on any atom is 0.266 e. The summed E-state index contributed by atoms with van der Waals surface area (Å²) in [6.07, 6.45) is 42.9. The molecule has 0 fully saturated rings. The standard InChI is InChI=1S/C40H79NO4/c1-4-6-8-10-12-14-16-18-19-20-21-23-25-27-29-31-33-35-39(42)41-38(36-45-40(43)44)37(3)34-32-30-28-26-24-22-17-15-13-11-9-7-5-2/h27,29,37-38,40,43-44H,4-26,28,30-36H2,1-3H3,(H,41,42). The highest BCUT2D eigenvalue weighted by molar-refractivity contribution is 5.76. The number of nitrogens with one attached hydrogen (secondary N) is 1. The summed E-state index contributed by atoms with van der Waals surface area (Å²) in [7, 11) is 0. The highest BCUT2D eigenvalue weighted by Crippen LogP contribution is 2.18. The molecule has 5 heteroatoms. The molecule has 0 aromatic carbocycles. The van der Waals surface area contributed by atoms with Gasteiger partial charge >= 0.3 is 0 Å². The molecular weight excluding hydrogens is 558 g/mol. The molecule has 0 aliphatic rings. The minimum atomic E-state index is -1.80. The first-order valence-corrected chi connectivity index (χ1v) is 19.9. The van der Waals surface area contributed by atoms with Gasteiger partial charge in [0, 0.05) is 6.42 Å². The van der Waals surface area contributed by atoms with Crippen molar-refractivity contribution in [2.45, 2.75) is 226 Å². The highest BCUT2D eigenvalue weighted by Gasteiger charge is 2.20. The smallest absolute Gasteiger partial charge is 0.266 e. The minimum absolute atomic E-state index is 0.0302.